The number of methoxy groups -OCH3 is 1. The highest BCUT2D eigenvalue weighted by molar-refractivity contribution is 5.93. The van der Waals surface area contributed by atoms with Crippen LogP contribution >= 0.6 is 0 Å². The number of nitrogens with zero attached hydrogens (tertiary/aromatic N) is 1. The van der Waals surface area contributed by atoms with Crippen LogP contribution in [0.3, 0.4) is 0 Å². The van der Waals surface area contributed by atoms with Crippen molar-refractivity contribution in [2.45, 2.75) is 13.8 Å². The number of amides is 1. The molecule has 0 spiro atoms. The molecule has 5 nitrogen and oxygen atoms in total. The monoisotopic (exact) mass is 300 g/mol. The van der Waals surface area contributed by atoms with Crippen LogP contribution in [0.4, 0.5) is 5.69 Å². The van der Waals surface area contributed by atoms with Gasteiger partial charge in [0.25, 0.3) is 0 Å². The summed E-state index contributed by atoms with van der Waals surface area (Å²) < 4.78 is 10.2. The van der Waals surface area contributed by atoms with E-state index in [0.29, 0.717) is 12.5 Å². The molecule has 1 N–H and O–H groups in total. The SMILES string of the molecule is CCOCC(=O)Nc1cc(-c2ccc(OC)nc2)ccc1C. The first-order valence-corrected chi connectivity index (χ1v) is 7.12. The van der Waals surface area contributed by atoms with Crippen LogP contribution in [0.5, 0.6) is 5.88 Å². The number of ether oxygens (including phenoxy) is 2. The summed E-state index contributed by atoms with van der Waals surface area (Å²) in [5.74, 6) is 0.413. The number of carbonyl (C=O) groups is 1. The van der Waals surface area contributed by atoms with Crippen LogP contribution in [0, 0.1) is 6.92 Å². The lowest BCUT2D eigenvalue weighted by Gasteiger charge is -2.11. The molecule has 116 valence electrons. The molecule has 0 radical (unpaired) electrons. The van der Waals surface area contributed by atoms with Crippen LogP contribution in [-0.4, -0.2) is 31.2 Å². The molecule has 1 aromatic carbocycles. The molecular weight excluding hydrogens is 280 g/mol. The van der Waals surface area contributed by atoms with Crippen LogP contribution in [0.15, 0.2) is 36.5 Å². The first-order chi connectivity index (χ1) is 10.6. The fraction of sp³-hybridized carbons (Fsp3) is 0.294. The summed E-state index contributed by atoms with van der Waals surface area (Å²) in [6.07, 6.45) is 1.75. The lowest BCUT2D eigenvalue weighted by molar-refractivity contribution is -0.120. The number of anilines is 1. The molecule has 0 aliphatic heterocycles. The third-order valence-corrected chi connectivity index (χ3v) is 3.23. The number of nitrogens with one attached hydrogen (secondary N) is 1. The van der Waals surface area contributed by atoms with Gasteiger partial charge in [0.05, 0.1) is 7.11 Å². The molecule has 1 heterocycles. The molecule has 0 atom stereocenters. The minimum absolute atomic E-state index is 0.0598. The van der Waals surface area contributed by atoms with E-state index < -0.39 is 0 Å². The Balaban J connectivity index is 2.20. The zero-order chi connectivity index (χ0) is 15.9. The second kappa shape index (κ2) is 7.56. The summed E-state index contributed by atoms with van der Waals surface area (Å²) in [7, 11) is 1.58. The van der Waals surface area contributed by atoms with Gasteiger partial charge in [-0.05, 0) is 37.1 Å². The highest BCUT2D eigenvalue weighted by atomic mass is 16.5. The van der Waals surface area contributed by atoms with Gasteiger partial charge in [-0.1, -0.05) is 12.1 Å². The Bertz CT molecular complexity index is 639. The second-order valence-corrected chi connectivity index (χ2v) is 4.80. The average Bonchev–Trinajstić information content (AvgIpc) is 2.55. The Morgan fingerprint density at radius 3 is 2.64 bits per heavy atom. The van der Waals surface area contributed by atoms with Crippen LogP contribution in [0.1, 0.15) is 12.5 Å². The standard InChI is InChI=1S/C17H20N2O3/c1-4-22-11-16(20)19-15-9-13(6-5-12(15)2)14-7-8-17(21-3)18-10-14/h5-10H,4,11H2,1-3H3,(H,19,20). The molecule has 0 aliphatic rings. The Kier molecular flexibility index (Phi) is 5.49. The van der Waals surface area contributed by atoms with Gasteiger partial charge < -0.3 is 14.8 Å². The zero-order valence-electron chi connectivity index (χ0n) is 13.1. The molecule has 5 heteroatoms. The maximum atomic E-state index is 11.8. The molecular formula is C17H20N2O3. The molecule has 0 saturated carbocycles. The third kappa shape index (κ3) is 4.05. The molecule has 0 bridgehead atoms. The second-order valence-electron chi connectivity index (χ2n) is 4.80. The van der Waals surface area contributed by atoms with E-state index in [-0.39, 0.29) is 12.5 Å². The quantitative estimate of drug-likeness (QED) is 0.890. The van der Waals surface area contributed by atoms with Crippen LogP contribution < -0.4 is 10.1 Å². The highest BCUT2D eigenvalue weighted by Crippen LogP contribution is 2.25. The number of pyridine rings is 1. The number of carbonyl (C=O) groups excluding carboxylic acids is 1. The van der Waals surface area contributed by atoms with Crippen molar-refractivity contribution >= 4 is 11.6 Å². The molecule has 0 unspecified atom stereocenters. The summed E-state index contributed by atoms with van der Waals surface area (Å²) in [5, 5.41) is 2.87. The predicted molar refractivity (Wildman–Crippen MR) is 86.1 cm³/mol. The molecule has 0 aliphatic carbocycles. The topological polar surface area (TPSA) is 60.5 Å². The van der Waals surface area contributed by atoms with E-state index in [1.54, 1.807) is 13.3 Å². The third-order valence-electron chi connectivity index (χ3n) is 3.23. The van der Waals surface area contributed by atoms with Gasteiger partial charge >= 0.3 is 0 Å². The van der Waals surface area contributed by atoms with E-state index in [1.807, 2.05) is 44.2 Å². The van der Waals surface area contributed by atoms with Crippen molar-refractivity contribution in [1.29, 1.82) is 0 Å². The molecule has 1 amide bonds. The van der Waals surface area contributed by atoms with Gasteiger partial charge in [-0.3, -0.25) is 4.79 Å². The van der Waals surface area contributed by atoms with Gasteiger partial charge in [-0.2, -0.15) is 0 Å². The Morgan fingerprint density at radius 2 is 2.00 bits per heavy atom. The summed E-state index contributed by atoms with van der Waals surface area (Å²) in [6.45, 7) is 4.39. The Hall–Kier alpha value is -2.40. The number of rotatable bonds is 6. The van der Waals surface area contributed by atoms with E-state index in [1.165, 1.54) is 0 Å². The summed E-state index contributed by atoms with van der Waals surface area (Å²) in [5.41, 5.74) is 3.71. The van der Waals surface area contributed by atoms with Crippen molar-refractivity contribution < 1.29 is 14.3 Å². The maximum Gasteiger partial charge on any atom is 0.250 e. The fourth-order valence-electron chi connectivity index (χ4n) is 1.99. The minimum atomic E-state index is -0.157. The van der Waals surface area contributed by atoms with Gasteiger partial charge in [0.1, 0.15) is 6.61 Å². The number of hydrogen-bond donors (Lipinski definition) is 1. The van der Waals surface area contributed by atoms with Crippen molar-refractivity contribution in [1.82, 2.24) is 4.98 Å². The van der Waals surface area contributed by atoms with Gasteiger partial charge in [0.2, 0.25) is 11.8 Å². The van der Waals surface area contributed by atoms with E-state index in [9.17, 15) is 4.79 Å². The van der Waals surface area contributed by atoms with Crippen LogP contribution in [0.25, 0.3) is 11.1 Å². The fourth-order valence-corrected chi connectivity index (χ4v) is 1.99. The van der Waals surface area contributed by atoms with E-state index in [2.05, 4.69) is 10.3 Å². The van der Waals surface area contributed by atoms with Crippen molar-refractivity contribution in [3.63, 3.8) is 0 Å². The number of aromatic nitrogens is 1. The van der Waals surface area contributed by atoms with E-state index in [0.717, 1.165) is 22.4 Å². The number of benzene rings is 1. The predicted octanol–water partition coefficient (Wildman–Crippen LogP) is 3.04. The lowest BCUT2D eigenvalue weighted by atomic mass is 10.0. The molecule has 2 rings (SSSR count). The minimum Gasteiger partial charge on any atom is -0.481 e. The molecule has 2 aromatic rings. The van der Waals surface area contributed by atoms with Crippen molar-refractivity contribution in [3.05, 3.63) is 42.1 Å². The molecule has 0 saturated heterocycles. The highest BCUT2D eigenvalue weighted by Gasteiger charge is 2.07. The van der Waals surface area contributed by atoms with Crippen molar-refractivity contribution in [2.75, 3.05) is 25.6 Å². The van der Waals surface area contributed by atoms with Gasteiger partial charge in [-0.25, -0.2) is 4.98 Å². The van der Waals surface area contributed by atoms with Gasteiger partial charge in [-0.15, -0.1) is 0 Å². The number of hydrogen-bond acceptors (Lipinski definition) is 4. The maximum absolute atomic E-state index is 11.8. The van der Waals surface area contributed by atoms with E-state index >= 15 is 0 Å². The first-order valence-electron chi connectivity index (χ1n) is 7.12. The van der Waals surface area contributed by atoms with Crippen molar-refractivity contribution in [3.8, 4) is 17.0 Å². The van der Waals surface area contributed by atoms with E-state index in [4.69, 9.17) is 9.47 Å². The van der Waals surface area contributed by atoms with Gasteiger partial charge in [0, 0.05) is 30.1 Å². The van der Waals surface area contributed by atoms with Crippen molar-refractivity contribution in [2.24, 2.45) is 0 Å². The van der Waals surface area contributed by atoms with Crippen LogP contribution in [0.2, 0.25) is 0 Å². The molecule has 0 fully saturated rings. The average molecular weight is 300 g/mol. The normalized spacial score (nSPS) is 10.3. The zero-order valence-corrected chi connectivity index (χ0v) is 13.1. The Labute approximate surface area is 130 Å². The summed E-state index contributed by atoms with van der Waals surface area (Å²) >= 11 is 0. The van der Waals surface area contributed by atoms with Gasteiger partial charge in [0.15, 0.2) is 0 Å². The van der Waals surface area contributed by atoms with Crippen LogP contribution in [-0.2, 0) is 9.53 Å². The first kappa shape index (κ1) is 16.0. The molecule has 1 aromatic heterocycles. The summed E-state index contributed by atoms with van der Waals surface area (Å²) in [6, 6.07) is 9.64. The largest absolute Gasteiger partial charge is 0.481 e. The Morgan fingerprint density at radius 1 is 1.23 bits per heavy atom. The summed E-state index contributed by atoms with van der Waals surface area (Å²) in [4.78, 5) is 16.0. The number of aryl methyl sites for hydroxylation is 1. The lowest BCUT2D eigenvalue weighted by Crippen LogP contribution is -2.18. The smallest absolute Gasteiger partial charge is 0.250 e. The molecule has 22 heavy (non-hydrogen) atoms.